The molecular weight excluding hydrogens is 304 g/mol. The number of hydrogen-bond acceptors (Lipinski definition) is 4. The Kier molecular flexibility index (Phi) is 5.60. The van der Waals surface area contributed by atoms with Gasteiger partial charge in [-0.25, -0.2) is 4.79 Å². The van der Waals surface area contributed by atoms with Crippen molar-refractivity contribution in [1.82, 2.24) is 0 Å². The van der Waals surface area contributed by atoms with Crippen molar-refractivity contribution < 1.29 is 19.4 Å². The zero-order valence-corrected chi connectivity index (χ0v) is 11.1. The summed E-state index contributed by atoms with van der Waals surface area (Å²) in [4.78, 5) is 21.4. The molecule has 1 aromatic carbocycles. The van der Waals surface area contributed by atoms with Crippen molar-refractivity contribution in [2.45, 2.75) is 0 Å². The van der Waals surface area contributed by atoms with Crippen LogP contribution in [0.4, 0.5) is 5.69 Å². The zero-order valence-electron chi connectivity index (χ0n) is 9.48. The Morgan fingerprint density at radius 2 is 2.17 bits per heavy atom. The van der Waals surface area contributed by atoms with Gasteiger partial charge in [0.15, 0.2) is 0 Å². The fraction of sp³-hybridized carbons (Fsp3) is 0.273. The van der Waals surface area contributed by atoms with E-state index in [4.69, 9.17) is 15.6 Å². The predicted octanol–water partition coefficient (Wildman–Crippen LogP) is 1.06. The first-order valence-electron chi connectivity index (χ1n) is 5.13. The summed E-state index contributed by atoms with van der Waals surface area (Å²) >= 11 is 3.25. The van der Waals surface area contributed by atoms with Crippen molar-refractivity contribution in [3.63, 3.8) is 0 Å². The number of ether oxygens (including phenoxy) is 1. The highest BCUT2D eigenvalue weighted by Gasteiger charge is 2.08. The quantitative estimate of drug-likeness (QED) is 0.653. The maximum Gasteiger partial charge on any atom is 0.329 e. The number of carbonyl (C=O) groups excluding carboxylic acids is 1. The molecule has 0 aliphatic carbocycles. The number of benzene rings is 1. The Morgan fingerprint density at radius 3 is 2.78 bits per heavy atom. The highest BCUT2D eigenvalue weighted by molar-refractivity contribution is 9.10. The maximum atomic E-state index is 11.2. The number of hydrogen-bond donors (Lipinski definition) is 3. The van der Waals surface area contributed by atoms with Gasteiger partial charge >= 0.3 is 5.97 Å². The first-order valence-corrected chi connectivity index (χ1v) is 5.93. The van der Waals surface area contributed by atoms with E-state index in [0.29, 0.717) is 17.8 Å². The number of carboxylic acid groups (broad SMARTS) is 1. The summed E-state index contributed by atoms with van der Waals surface area (Å²) in [7, 11) is 0. The third-order valence-corrected chi connectivity index (χ3v) is 2.53. The third-order valence-electron chi connectivity index (χ3n) is 2.03. The van der Waals surface area contributed by atoms with Crippen LogP contribution in [0.5, 0.6) is 0 Å². The smallest absolute Gasteiger partial charge is 0.329 e. The van der Waals surface area contributed by atoms with Crippen LogP contribution in [-0.4, -0.2) is 36.7 Å². The van der Waals surface area contributed by atoms with E-state index >= 15 is 0 Å². The van der Waals surface area contributed by atoms with Crippen molar-refractivity contribution >= 4 is 33.5 Å². The molecule has 7 heteroatoms. The monoisotopic (exact) mass is 316 g/mol. The Balaban J connectivity index is 2.51. The molecule has 0 spiro atoms. The summed E-state index contributed by atoms with van der Waals surface area (Å²) in [6, 6.07) is 5.09. The van der Waals surface area contributed by atoms with E-state index < -0.39 is 11.9 Å². The molecule has 0 aliphatic rings. The lowest BCUT2D eigenvalue weighted by molar-refractivity contribution is -0.142. The number of amides is 1. The molecule has 0 heterocycles. The summed E-state index contributed by atoms with van der Waals surface area (Å²) in [5.41, 5.74) is 6.20. The molecule has 0 bridgehead atoms. The molecular formula is C11H13BrN2O4. The molecule has 0 aromatic heterocycles. The van der Waals surface area contributed by atoms with E-state index in [-0.39, 0.29) is 13.2 Å². The number of aliphatic carboxylic acids is 1. The largest absolute Gasteiger partial charge is 0.480 e. The number of halogens is 1. The summed E-state index contributed by atoms with van der Waals surface area (Å²) in [6.45, 7) is 0.264. The van der Waals surface area contributed by atoms with E-state index in [0.717, 1.165) is 4.47 Å². The average molecular weight is 317 g/mol. The molecule has 0 unspecified atom stereocenters. The number of primary amides is 1. The molecule has 1 rings (SSSR count). The number of rotatable bonds is 7. The molecule has 0 saturated carbocycles. The van der Waals surface area contributed by atoms with Crippen LogP contribution in [0.15, 0.2) is 22.7 Å². The fourth-order valence-corrected chi connectivity index (χ4v) is 1.65. The molecule has 0 saturated heterocycles. The standard InChI is InChI=1S/C11H13BrN2O4/c12-7-1-2-9(8(5-7)11(13)17)14-3-4-18-6-10(15)16/h1-2,5,14H,3-4,6H2,(H2,13,17)(H,15,16). The molecule has 1 amide bonds. The lowest BCUT2D eigenvalue weighted by atomic mass is 10.1. The van der Waals surface area contributed by atoms with Crippen LogP contribution in [0, 0.1) is 0 Å². The summed E-state index contributed by atoms with van der Waals surface area (Å²) < 4.78 is 5.61. The van der Waals surface area contributed by atoms with Crippen molar-refractivity contribution in [2.75, 3.05) is 25.1 Å². The van der Waals surface area contributed by atoms with E-state index in [1.54, 1.807) is 18.2 Å². The van der Waals surface area contributed by atoms with Crippen LogP contribution in [-0.2, 0) is 9.53 Å². The van der Waals surface area contributed by atoms with Gasteiger partial charge in [-0.15, -0.1) is 0 Å². The fourth-order valence-electron chi connectivity index (χ4n) is 1.29. The van der Waals surface area contributed by atoms with Gasteiger partial charge in [-0.05, 0) is 18.2 Å². The summed E-state index contributed by atoms with van der Waals surface area (Å²) in [5, 5.41) is 11.3. The molecule has 0 radical (unpaired) electrons. The lowest BCUT2D eigenvalue weighted by Crippen LogP contribution is -2.18. The van der Waals surface area contributed by atoms with Gasteiger partial charge in [0.25, 0.3) is 5.91 Å². The molecule has 98 valence electrons. The number of nitrogens with two attached hydrogens (primary N) is 1. The third kappa shape index (κ3) is 4.72. The first-order chi connectivity index (χ1) is 8.50. The molecule has 0 aliphatic heterocycles. The van der Waals surface area contributed by atoms with Crippen LogP contribution in [0.3, 0.4) is 0 Å². The second-order valence-electron chi connectivity index (χ2n) is 3.43. The molecule has 1 aromatic rings. The number of nitrogens with one attached hydrogen (secondary N) is 1. The summed E-state index contributed by atoms with van der Waals surface area (Å²) in [5.74, 6) is -1.55. The van der Waals surface area contributed by atoms with Gasteiger partial charge < -0.3 is 20.9 Å². The zero-order chi connectivity index (χ0) is 13.5. The predicted molar refractivity (Wildman–Crippen MR) is 69.6 cm³/mol. The van der Waals surface area contributed by atoms with Crippen LogP contribution >= 0.6 is 15.9 Å². The van der Waals surface area contributed by atoms with Gasteiger partial charge in [0, 0.05) is 16.7 Å². The minimum Gasteiger partial charge on any atom is -0.480 e. The van der Waals surface area contributed by atoms with Gasteiger partial charge in [0.05, 0.1) is 12.2 Å². The molecule has 6 nitrogen and oxygen atoms in total. The van der Waals surface area contributed by atoms with Crippen LogP contribution in [0.25, 0.3) is 0 Å². The van der Waals surface area contributed by atoms with E-state index in [9.17, 15) is 9.59 Å². The van der Waals surface area contributed by atoms with Crippen molar-refractivity contribution in [3.05, 3.63) is 28.2 Å². The maximum absolute atomic E-state index is 11.2. The Morgan fingerprint density at radius 1 is 1.44 bits per heavy atom. The molecule has 0 fully saturated rings. The van der Waals surface area contributed by atoms with Crippen molar-refractivity contribution in [2.24, 2.45) is 5.73 Å². The number of carbonyl (C=O) groups is 2. The average Bonchev–Trinajstić information content (AvgIpc) is 2.29. The van der Waals surface area contributed by atoms with Crippen LogP contribution in [0.2, 0.25) is 0 Å². The topological polar surface area (TPSA) is 102 Å². The van der Waals surface area contributed by atoms with E-state index in [2.05, 4.69) is 21.2 Å². The van der Waals surface area contributed by atoms with E-state index in [1.165, 1.54) is 0 Å². The van der Waals surface area contributed by atoms with Gasteiger partial charge in [-0.3, -0.25) is 4.79 Å². The Hall–Kier alpha value is -1.60. The normalized spacial score (nSPS) is 10.1. The number of carboxylic acids is 1. The van der Waals surface area contributed by atoms with E-state index in [1.807, 2.05) is 0 Å². The minimum atomic E-state index is -1.02. The molecule has 0 atom stereocenters. The van der Waals surface area contributed by atoms with Crippen LogP contribution < -0.4 is 11.1 Å². The second kappa shape index (κ2) is 6.97. The minimum absolute atomic E-state index is 0.223. The second-order valence-corrected chi connectivity index (χ2v) is 4.34. The lowest BCUT2D eigenvalue weighted by Gasteiger charge is -2.10. The molecule has 18 heavy (non-hydrogen) atoms. The highest BCUT2D eigenvalue weighted by Crippen LogP contribution is 2.20. The Bertz CT molecular complexity index is 451. The van der Waals surface area contributed by atoms with Crippen molar-refractivity contribution in [1.29, 1.82) is 0 Å². The first kappa shape index (κ1) is 14.5. The van der Waals surface area contributed by atoms with Crippen LogP contribution in [0.1, 0.15) is 10.4 Å². The summed E-state index contributed by atoms with van der Waals surface area (Å²) in [6.07, 6.45) is 0. The van der Waals surface area contributed by atoms with Gasteiger partial charge in [-0.2, -0.15) is 0 Å². The van der Waals surface area contributed by atoms with Gasteiger partial charge in [0.2, 0.25) is 0 Å². The SMILES string of the molecule is NC(=O)c1cc(Br)ccc1NCCOCC(=O)O. The van der Waals surface area contributed by atoms with Gasteiger partial charge in [0.1, 0.15) is 6.61 Å². The molecule has 4 N–H and O–H groups in total. The highest BCUT2D eigenvalue weighted by atomic mass is 79.9. The number of anilines is 1. The van der Waals surface area contributed by atoms with Crippen molar-refractivity contribution in [3.8, 4) is 0 Å². The Labute approximate surface area is 112 Å². The van der Waals surface area contributed by atoms with Gasteiger partial charge in [-0.1, -0.05) is 15.9 Å².